The van der Waals surface area contributed by atoms with Crippen LogP contribution in [0.5, 0.6) is 0 Å². The molecule has 1 aliphatic heterocycles. The number of nitrogens with zero attached hydrogens (tertiary/aromatic N) is 3. The van der Waals surface area contributed by atoms with Crippen molar-refractivity contribution in [1.29, 1.82) is 0 Å². The predicted molar refractivity (Wildman–Crippen MR) is 76.6 cm³/mol. The molecule has 0 spiro atoms. The Morgan fingerprint density at radius 2 is 1.78 bits per heavy atom. The summed E-state index contributed by atoms with van der Waals surface area (Å²) in [4.78, 5) is 11.1. The first-order valence-corrected chi connectivity index (χ1v) is 7.23. The van der Waals surface area contributed by atoms with E-state index in [1.54, 1.807) is 0 Å². The highest BCUT2D eigenvalue weighted by Crippen LogP contribution is 2.29. The van der Waals surface area contributed by atoms with Crippen LogP contribution < -0.4 is 4.90 Å². The third-order valence-electron chi connectivity index (χ3n) is 3.35. The normalized spacial score (nSPS) is 24.4. The molecule has 0 N–H and O–H groups in total. The van der Waals surface area contributed by atoms with Crippen LogP contribution in [0.25, 0.3) is 0 Å². The van der Waals surface area contributed by atoms with Crippen LogP contribution >= 0.6 is 23.2 Å². The number of anilines is 1. The number of hydrogen-bond acceptors (Lipinski definition) is 3. The maximum Gasteiger partial charge on any atom is 0.227 e. The van der Waals surface area contributed by atoms with Crippen LogP contribution in [0, 0.1) is 11.8 Å². The predicted octanol–water partition coefficient (Wildman–Crippen LogP) is 3.83. The zero-order valence-corrected chi connectivity index (χ0v) is 12.6. The Morgan fingerprint density at radius 1 is 1.17 bits per heavy atom. The summed E-state index contributed by atoms with van der Waals surface area (Å²) in [7, 11) is 0. The van der Waals surface area contributed by atoms with Gasteiger partial charge in [-0.2, -0.15) is 4.98 Å². The van der Waals surface area contributed by atoms with Crippen LogP contribution in [-0.2, 0) is 6.42 Å². The Bertz CT molecular complexity index is 426. The fourth-order valence-electron chi connectivity index (χ4n) is 2.65. The molecule has 1 aromatic heterocycles. The van der Waals surface area contributed by atoms with E-state index in [2.05, 4.69) is 28.7 Å². The van der Waals surface area contributed by atoms with Gasteiger partial charge in [-0.1, -0.05) is 44.0 Å². The van der Waals surface area contributed by atoms with Crippen molar-refractivity contribution < 1.29 is 0 Å². The minimum atomic E-state index is 0.365. The van der Waals surface area contributed by atoms with Gasteiger partial charge in [-0.05, 0) is 24.7 Å². The van der Waals surface area contributed by atoms with E-state index in [4.69, 9.17) is 23.2 Å². The van der Waals surface area contributed by atoms with E-state index in [9.17, 15) is 0 Å². The monoisotopic (exact) mass is 287 g/mol. The zero-order chi connectivity index (χ0) is 13.3. The van der Waals surface area contributed by atoms with Gasteiger partial charge in [0.1, 0.15) is 0 Å². The summed E-state index contributed by atoms with van der Waals surface area (Å²) in [6.45, 7) is 8.54. The van der Waals surface area contributed by atoms with E-state index in [0.717, 1.165) is 31.2 Å². The molecule has 1 aromatic rings. The smallest absolute Gasteiger partial charge is 0.227 e. The van der Waals surface area contributed by atoms with Crippen molar-refractivity contribution >= 4 is 29.2 Å². The summed E-state index contributed by atoms with van der Waals surface area (Å²) in [5, 5.41) is 0.852. The molecule has 3 nitrogen and oxygen atoms in total. The second-order valence-electron chi connectivity index (χ2n) is 5.28. The first-order chi connectivity index (χ1) is 8.51. The van der Waals surface area contributed by atoms with Crippen LogP contribution in [0.2, 0.25) is 10.2 Å². The number of halogens is 2. The van der Waals surface area contributed by atoms with Crippen LogP contribution in [0.15, 0.2) is 0 Å². The molecule has 0 saturated carbocycles. The van der Waals surface area contributed by atoms with Gasteiger partial charge in [-0.3, -0.25) is 0 Å². The average molecular weight is 288 g/mol. The zero-order valence-electron chi connectivity index (χ0n) is 11.1. The lowest BCUT2D eigenvalue weighted by atomic mass is 9.92. The van der Waals surface area contributed by atoms with E-state index in [0.29, 0.717) is 22.0 Å². The molecule has 0 radical (unpaired) electrons. The first-order valence-electron chi connectivity index (χ1n) is 6.48. The number of piperidine rings is 1. The number of rotatable bonds is 2. The van der Waals surface area contributed by atoms with Gasteiger partial charge >= 0.3 is 0 Å². The Labute approximate surface area is 119 Å². The lowest BCUT2D eigenvalue weighted by Crippen LogP contribution is -2.39. The summed E-state index contributed by atoms with van der Waals surface area (Å²) < 4.78 is 0. The van der Waals surface area contributed by atoms with Gasteiger partial charge in [0.15, 0.2) is 5.15 Å². The van der Waals surface area contributed by atoms with Crippen molar-refractivity contribution in [3.05, 3.63) is 15.9 Å². The summed E-state index contributed by atoms with van der Waals surface area (Å²) in [5.74, 6) is 2.05. The van der Waals surface area contributed by atoms with Crippen molar-refractivity contribution in [2.24, 2.45) is 11.8 Å². The highest BCUT2D eigenvalue weighted by molar-refractivity contribution is 6.41. The molecular weight excluding hydrogens is 269 g/mol. The summed E-state index contributed by atoms with van der Waals surface area (Å²) in [6.07, 6.45) is 2.03. The average Bonchev–Trinajstić information content (AvgIpc) is 2.31. The van der Waals surface area contributed by atoms with Gasteiger partial charge < -0.3 is 4.90 Å². The maximum atomic E-state index is 6.09. The molecule has 0 amide bonds. The Kier molecular flexibility index (Phi) is 4.33. The second-order valence-corrected chi connectivity index (χ2v) is 6.02. The van der Waals surface area contributed by atoms with Crippen LogP contribution in [0.1, 0.15) is 32.9 Å². The van der Waals surface area contributed by atoms with Crippen LogP contribution in [-0.4, -0.2) is 23.1 Å². The molecule has 0 aromatic carbocycles. The number of hydrogen-bond donors (Lipinski definition) is 0. The Morgan fingerprint density at radius 3 is 2.33 bits per heavy atom. The van der Waals surface area contributed by atoms with Crippen molar-refractivity contribution in [1.82, 2.24) is 9.97 Å². The van der Waals surface area contributed by atoms with E-state index >= 15 is 0 Å². The molecule has 100 valence electrons. The molecule has 1 saturated heterocycles. The van der Waals surface area contributed by atoms with Gasteiger partial charge in [0, 0.05) is 13.1 Å². The van der Waals surface area contributed by atoms with Crippen molar-refractivity contribution in [2.45, 2.75) is 33.6 Å². The van der Waals surface area contributed by atoms with Crippen LogP contribution in [0.3, 0.4) is 0 Å². The molecule has 0 unspecified atom stereocenters. The second kappa shape index (κ2) is 5.62. The molecule has 0 aliphatic carbocycles. The van der Waals surface area contributed by atoms with E-state index in [1.165, 1.54) is 6.42 Å². The number of aryl methyl sites for hydroxylation is 1. The van der Waals surface area contributed by atoms with Crippen molar-refractivity contribution in [2.75, 3.05) is 18.0 Å². The summed E-state index contributed by atoms with van der Waals surface area (Å²) >= 11 is 12.2. The highest BCUT2D eigenvalue weighted by atomic mass is 35.5. The standard InChI is InChI=1S/C13H19Cl2N3/c1-4-10-11(14)12(15)17-13(16-10)18-6-8(2)5-9(3)7-18/h8-9H,4-7H2,1-3H3/t8-,9+. The lowest BCUT2D eigenvalue weighted by molar-refractivity contribution is 0.353. The lowest BCUT2D eigenvalue weighted by Gasteiger charge is -2.35. The summed E-state index contributed by atoms with van der Waals surface area (Å²) in [5.41, 5.74) is 0.831. The van der Waals surface area contributed by atoms with E-state index in [-0.39, 0.29) is 0 Å². The van der Waals surface area contributed by atoms with Gasteiger partial charge in [0.25, 0.3) is 0 Å². The molecular formula is C13H19Cl2N3. The maximum absolute atomic E-state index is 6.09. The fraction of sp³-hybridized carbons (Fsp3) is 0.692. The quantitative estimate of drug-likeness (QED) is 0.774. The van der Waals surface area contributed by atoms with Crippen molar-refractivity contribution in [3.8, 4) is 0 Å². The van der Waals surface area contributed by atoms with Crippen molar-refractivity contribution in [3.63, 3.8) is 0 Å². The minimum Gasteiger partial charge on any atom is -0.340 e. The molecule has 18 heavy (non-hydrogen) atoms. The van der Waals surface area contributed by atoms with Gasteiger partial charge in [0.05, 0.1) is 10.7 Å². The fourth-order valence-corrected chi connectivity index (χ4v) is 3.06. The van der Waals surface area contributed by atoms with E-state index < -0.39 is 0 Å². The number of aromatic nitrogens is 2. The highest BCUT2D eigenvalue weighted by Gasteiger charge is 2.24. The van der Waals surface area contributed by atoms with Gasteiger partial charge in [-0.15, -0.1) is 0 Å². The third-order valence-corrected chi connectivity index (χ3v) is 4.12. The molecule has 0 bridgehead atoms. The van der Waals surface area contributed by atoms with Gasteiger partial charge in [0.2, 0.25) is 5.95 Å². The molecule has 2 heterocycles. The molecule has 2 rings (SSSR count). The molecule has 1 aliphatic rings. The van der Waals surface area contributed by atoms with Crippen LogP contribution in [0.4, 0.5) is 5.95 Å². The topological polar surface area (TPSA) is 29.0 Å². The molecule has 5 heteroatoms. The largest absolute Gasteiger partial charge is 0.340 e. The molecule has 1 fully saturated rings. The first kappa shape index (κ1) is 13.9. The van der Waals surface area contributed by atoms with Gasteiger partial charge in [-0.25, -0.2) is 4.98 Å². The summed E-state index contributed by atoms with van der Waals surface area (Å²) in [6, 6.07) is 0. The third kappa shape index (κ3) is 2.89. The SMILES string of the molecule is CCc1nc(N2C[C@H](C)C[C@H](C)C2)nc(Cl)c1Cl. The van der Waals surface area contributed by atoms with E-state index in [1.807, 2.05) is 6.92 Å². The molecule has 2 atom stereocenters. The minimum absolute atomic E-state index is 0.365. The Balaban J connectivity index is 2.30. The Hall–Kier alpha value is -0.540.